The summed E-state index contributed by atoms with van der Waals surface area (Å²) < 4.78 is 5.36. The smallest absolute Gasteiger partial charge is 0.122 e. The molecule has 1 aliphatic rings. The summed E-state index contributed by atoms with van der Waals surface area (Å²) >= 11 is 0. The van der Waals surface area contributed by atoms with Crippen molar-refractivity contribution in [3.63, 3.8) is 0 Å². The van der Waals surface area contributed by atoms with Crippen LogP contribution in [0, 0.1) is 13.8 Å². The number of aryl methyl sites for hydroxylation is 2. The normalized spacial score (nSPS) is 19.4. The molecule has 1 aliphatic heterocycles. The van der Waals surface area contributed by atoms with Gasteiger partial charge in [-0.2, -0.15) is 0 Å². The molecule has 1 aromatic carbocycles. The topological polar surface area (TPSA) is 24.5 Å². The van der Waals surface area contributed by atoms with E-state index >= 15 is 0 Å². The lowest BCUT2D eigenvalue weighted by Crippen LogP contribution is -2.33. The van der Waals surface area contributed by atoms with E-state index in [9.17, 15) is 0 Å². The van der Waals surface area contributed by atoms with Gasteiger partial charge in [0.2, 0.25) is 0 Å². The lowest BCUT2D eigenvalue weighted by atomic mass is 10.1. The Hall–Kier alpha value is -1.22. The average molecular weight is 234 g/mol. The quantitative estimate of drug-likeness (QED) is 0.867. The zero-order valence-electron chi connectivity index (χ0n) is 11.2. The van der Waals surface area contributed by atoms with Crippen LogP contribution in [0.4, 0.5) is 5.69 Å². The van der Waals surface area contributed by atoms with Crippen LogP contribution in [0.15, 0.2) is 12.1 Å². The molecule has 1 atom stereocenters. The first kappa shape index (κ1) is 12.2. The van der Waals surface area contributed by atoms with Crippen molar-refractivity contribution >= 4 is 5.69 Å². The molecule has 0 aromatic heterocycles. The molecule has 1 unspecified atom stereocenters. The first-order valence-corrected chi connectivity index (χ1v) is 6.22. The Morgan fingerprint density at radius 1 is 1.29 bits per heavy atom. The molecule has 0 spiro atoms. The molecule has 1 saturated heterocycles. The van der Waals surface area contributed by atoms with Gasteiger partial charge in [-0.25, -0.2) is 0 Å². The zero-order valence-corrected chi connectivity index (χ0v) is 11.2. The highest BCUT2D eigenvalue weighted by atomic mass is 16.5. The number of anilines is 1. The number of benzene rings is 1. The predicted octanol–water partition coefficient (Wildman–Crippen LogP) is 2.11. The van der Waals surface area contributed by atoms with Crippen molar-refractivity contribution in [2.75, 3.05) is 32.1 Å². The van der Waals surface area contributed by atoms with Crippen molar-refractivity contribution in [3.05, 3.63) is 23.3 Å². The molecular formula is C14H22N2O. The van der Waals surface area contributed by atoms with Gasteiger partial charge in [0.1, 0.15) is 5.75 Å². The number of hydrogen-bond acceptors (Lipinski definition) is 3. The van der Waals surface area contributed by atoms with Crippen LogP contribution in [0.5, 0.6) is 5.75 Å². The third-order valence-electron chi connectivity index (χ3n) is 3.68. The molecule has 1 fully saturated rings. The number of nitrogens with zero attached hydrogens (tertiary/aromatic N) is 1. The monoisotopic (exact) mass is 234 g/mol. The zero-order chi connectivity index (χ0) is 12.4. The second-order valence-electron chi connectivity index (χ2n) is 4.87. The average Bonchev–Trinajstić information content (AvgIpc) is 2.84. The van der Waals surface area contributed by atoms with E-state index in [1.165, 1.54) is 23.2 Å². The van der Waals surface area contributed by atoms with Gasteiger partial charge in [-0.3, -0.25) is 0 Å². The largest absolute Gasteiger partial charge is 0.496 e. The minimum atomic E-state index is 0.612. The minimum Gasteiger partial charge on any atom is -0.496 e. The fraction of sp³-hybridized carbons (Fsp3) is 0.571. The molecule has 1 N–H and O–H groups in total. The number of ether oxygens (including phenoxy) is 1. The van der Waals surface area contributed by atoms with Crippen molar-refractivity contribution < 1.29 is 4.74 Å². The molecule has 17 heavy (non-hydrogen) atoms. The highest BCUT2D eigenvalue weighted by molar-refractivity contribution is 5.59. The van der Waals surface area contributed by atoms with Crippen LogP contribution in [0.1, 0.15) is 17.5 Å². The van der Waals surface area contributed by atoms with Crippen LogP contribution in [-0.2, 0) is 0 Å². The van der Waals surface area contributed by atoms with Gasteiger partial charge < -0.3 is 15.0 Å². The molecule has 0 bridgehead atoms. The SMILES string of the molecule is COc1cc(C)c(N(C)C2CCNC2)cc1C. The molecule has 0 amide bonds. The molecule has 0 radical (unpaired) electrons. The van der Waals surface area contributed by atoms with Crippen LogP contribution >= 0.6 is 0 Å². The molecule has 1 aromatic rings. The fourth-order valence-corrected chi connectivity index (χ4v) is 2.54. The Bertz CT molecular complexity index is 397. The van der Waals surface area contributed by atoms with Gasteiger partial charge in [-0.1, -0.05) is 0 Å². The Morgan fingerprint density at radius 2 is 2.06 bits per heavy atom. The van der Waals surface area contributed by atoms with Crippen LogP contribution in [0.25, 0.3) is 0 Å². The Kier molecular flexibility index (Phi) is 3.57. The summed E-state index contributed by atoms with van der Waals surface area (Å²) in [7, 11) is 3.91. The van der Waals surface area contributed by atoms with Gasteiger partial charge in [-0.05, 0) is 50.1 Å². The molecular weight excluding hydrogens is 212 g/mol. The van der Waals surface area contributed by atoms with Gasteiger partial charge in [0.15, 0.2) is 0 Å². The molecule has 2 rings (SSSR count). The van der Waals surface area contributed by atoms with E-state index in [-0.39, 0.29) is 0 Å². The van der Waals surface area contributed by atoms with E-state index in [4.69, 9.17) is 4.74 Å². The highest BCUT2D eigenvalue weighted by Crippen LogP contribution is 2.29. The maximum absolute atomic E-state index is 5.36. The standard InChI is InChI=1S/C14H22N2O/c1-10-8-14(17-4)11(2)7-13(10)16(3)12-5-6-15-9-12/h7-8,12,15H,5-6,9H2,1-4H3. The molecule has 94 valence electrons. The summed E-state index contributed by atoms with van der Waals surface area (Å²) in [5, 5.41) is 3.41. The van der Waals surface area contributed by atoms with Gasteiger partial charge in [0.25, 0.3) is 0 Å². The fourth-order valence-electron chi connectivity index (χ4n) is 2.54. The second kappa shape index (κ2) is 4.96. The van der Waals surface area contributed by atoms with E-state index in [0.717, 1.165) is 18.8 Å². The van der Waals surface area contributed by atoms with Crippen molar-refractivity contribution in [1.29, 1.82) is 0 Å². The maximum atomic E-state index is 5.36. The third-order valence-corrected chi connectivity index (χ3v) is 3.68. The van der Waals surface area contributed by atoms with Crippen molar-refractivity contribution in [1.82, 2.24) is 5.32 Å². The maximum Gasteiger partial charge on any atom is 0.122 e. The minimum absolute atomic E-state index is 0.612. The molecule has 0 saturated carbocycles. The van der Waals surface area contributed by atoms with E-state index in [0.29, 0.717) is 6.04 Å². The number of methoxy groups -OCH3 is 1. The number of rotatable bonds is 3. The second-order valence-corrected chi connectivity index (χ2v) is 4.87. The predicted molar refractivity (Wildman–Crippen MR) is 72.1 cm³/mol. The first-order chi connectivity index (χ1) is 8.13. The first-order valence-electron chi connectivity index (χ1n) is 6.22. The highest BCUT2D eigenvalue weighted by Gasteiger charge is 2.21. The Morgan fingerprint density at radius 3 is 2.65 bits per heavy atom. The van der Waals surface area contributed by atoms with Crippen LogP contribution in [0.3, 0.4) is 0 Å². The van der Waals surface area contributed by atoms with Gasteiger partial charge in [0, 0.05) is 25.3 Å². The van der Waals surface area contributed by atoms with Gasteiger partial charge in [0.05, 0.1) is 7.11 Å². The van der Waals surface area contributed by atoms with Crippen LogP contribution in [0.2, 0.25) is 0 Å². The van der Waals surface area contributed by atoms with Crippen molar-refractivity contribution in [2.24, 2.45) is 0 Å². The lowest BCUT2D eigenvalue weighted by Gasteiger charge is -2.28. The Balaban J connectivity index is 2.28. The Labute approximate surface area is 104 Å². The number of nitrogens with one attached hydrogen (secondary N) is 1. The third kappa shape index (κ3) is 2.39. The molecule has 3 nitrogen and oxygen atoms in total. The summed E-state index contributed by atoms with van der Waals surface area (Å²) in [5.41, 5.74) is 3.80. The lowest BCUT2D eigenvalue weighted by molar-refractivity contribution is 0.411. The molecule has 3 heteroatoms. The number of hydrogen-bond donors (Lipinski definition) is 1. The van der Waals surface area contributed by atoms with Gasteiger partial charge in [-0.15, -0.1) is 0 Å². The van der Waals surface area contributed by atoms with Crippen LogP contribution in [-0.4, -0.2) is 33.3 Å². The van der Waals surface area contributed by atoms with E-state index in [1.807, 2.05) is 0 Å². The van der Waals surface area contributed by atoms with E-state index < -0.39 is 0 Å². The molecule has 1 heterocycles. The van der Waals surface area contributed by atoms with Crippen molar-refractivity contribution in [3.8, 4) is 5.75 Å². The van der Waals surface area contributed by atoms with Crippen molar-refractivity contribution in [2.45, 2.75) is 26.3 Å². The van der Waals surface area contributed by atoms with Gasteiger partial charge >= 0.3 is 0 Å². The summed E-state index contributed by atoms with van der Waals surface area (Å²) in [5.74, 6) is 0.976. The summed E-state index contributed by atoms with van der Waals surface area (Å²) in [4.78, 5) is 2.39. The number of likely N-dealkylation sites (N-methyl/N-ethyl adjacent to an activating group) is 1. The van der Waals surface area contributed by atoms with E-state index in [1.54, 1.807) is 7.11 Å². The molecule has 0 aliphatic carbocycles. The summed E-state index contributed by atoms with van der Waals surface area (Å²) in [6.45, 7) is 6.46. The summed E-state index contributed by atoms with van der Waals surface area (Å²) in [6.07, 6.45) is 1.22. The van der Waals surface area contributed by atoms with Crippen LogP contribution < -0.4 is 15.0 Å². The summed E-state index contributed by atoms with van der Waals surface area (Å²) in [6, 6.07) is 4.97. The van der Waals surface area contributed by atoms with E-state index in [2.05, 4.69) is 43.2 Å².